The molecule has 2 fully saturated rings. The van der Waals surface area contributed by atoms with Gasteiger partial charge < -0.3 is 15.4 Å². The van der Waals surface area contributed by atoms with Crippen LogP contribution in [0.5, 0.6) is 5.75 Å². The van der Waals surface area contributed by atoms with Crippen molar-refractivity contribution in [1.82, 2.24) is 10.6 Å². The summed E-state index contributed by atoms with van der Waals surface area (Å²) in [6.07, 6.45) is 0. The Kier molecular flexibility index (Phi) is 4.45. The summed E-state index contributed by atoms with van der Waals surface area (Å²) in [5.74, 6) is 0.522. The molecule has 1 aliphatic heterocycles. The Morgan fingerprint density at radius 3 is 2.60 bits per heavy atom. The topological polar surface area (TPSA) is 50.4 Å². The average Bonchev–Trinajstić information content (AvgIpc) is 2.83. The van der Waals surface area contributed by atoms with Crippen LogP contribution in [0.1, 0.15) is 10.4 Å². The summed E-state index contributed by atoms with van der Waals surface area (Å²) < 4.78 is 28.9. The largest absolute Gasteiger partial charge is 0.434 e. The highest BCUT2D eigenvalue weighted by Gasteiger charge is 2.53. The quantitative estimate of drug-likeness (QED) is 0.889. The number of fused-ring (bicyclic) bond motifs is 1. The number of rotatable bonds is 4. The first-order valence-electron chi connectivity index (χ1n) is 6.22. The van der Waals surface area contributed by atoms with E-state index in [2.05, 4.69) is 15.4 Å². The molecule has 1 aromatic carbocycles. The number of alkyl halides is 2. The summed E-state index contributed by atoms with van der Waals surface area (Å²) in [4.78, 5) is 12.1. The molecular formula is C13H15ClF2N2O2. The average molecular weight is 305 g/mol. The number of halogens is 3. The fourth-order valence-electron chi connectivity index (χ4n) is 2.71. The first-order valence-corrected chi connectivity index (χ1v) is 6.22. The molecule has 20 heavy (non-hydrogen) atoms. The van der Waals surface area contributed by atoms with E-state index in [9.17, 15) is 13.6 Å². The van der Waals surface area contributed by atoms with Crippen molar-refractivity contribution in [2.45, 2.75) is 12.7 Å². The van der Waals surface area contributed by atoms with Crippen LogP contribution in [0, 0.1) is 11.8 Å². The van der Waals surface area contributed by atoms with Gasteiger partial charge in [-0.3, -0.25) is 4.79 Å². The van der Waals surface area contributed by atoms with Crippen LogP contribution >= 0.6 is 12.4 Å². The SMILES string of the molecule is Cl.O=C(NC1C2CNCC21)c1ccccc1OC(F)F. The molecule has 1 aliphatic carbocycles. The second-order valence-electron chi connectivity index (χ2n) is 4.86. The van der Waals surface area contributed by atoms with Gasteiger partial charge in [0.1, 0.15) is 5.75 Å². The van der Waals surface area contributed by atoms with E-state index in [0.29, 0.717) is 11.8 Å². The molecule has 1 heterocycles. The number of carbonyl (C=O) groups excluding carboxylic acids is 1. The van der Waals surface area contributed by atoms with Crippen LogP contribution in [-0.2, 0) is 0 Å². The fourth-order valence-corrected chi connectivity index (χ4v) is 2.71. The van der Waals surface area contributed by atoms with Gasteiger partial charge in [-0.15, -0.1) is 12.4 Å². The molecule has 1 saturated heterocycles. The number of ether oxygens (including phenoxy) is 1. The lowest BCUT2D eigenvalue weighted by atomic mass is 10.2. The molecule has 2 atom stereocenters. The molecule has 4 nitrogen and oxygen atoms in total. The fraction of sp³-hybridized carbons (Fsp3) is 0.462. The smallest absolute Gasteiger partial charge is 0.387 e. The van der Waals surface area contributed by atoms with Gasteiger partial charge >= 0.3 is 6.61 Å². The van der Waals surface area contributed by atoms with Crippen molar-refractivity contribution in [2.75, 3.05) is 13.1 Å². The first-order chi connectivity index (χ1) is 9.16. The van der Waals surface area contributed by atoms with Gasteiger partial charge in [-0.1, -0.05) is 12.1 Å². The standard InChI is InChI=1S/C13H14F2N2O2.ClH/c14-13(15)19-10-4-2-1-3-7(10)12(18)17-11-8-5-16-6-9(8)11;/h1-4,8-9,11,13,16H,5-6H2,(H,17,18);1H. The van der Waals surface area contributed by atoms with E-state index in [1.807, 2.05) is 0 Å². The van der Waals surface area contributed by atoms with Gasteiger partial charge in [-0.05, 0) is 24.0 Å². The predicted molar refractivity (Wildman–Crippen MR) is 71.4 cm³/mol. The van der Waals surface area contributed by atoms with Crippen molar-refractivity contribution in [3.63, 3.8) is 0 Å². The lowest BCUT2D eigenvalue weighted by molar-refractivity contribution is -0.0501. The van der Waals surface area contributed by atoms with E-state index in [1.165, 1.54) is 12.1 Å². The molecule has 1 aromatic rings. The van der Waals surface area contributed by atoms with Crippen molar-refractivity contribution in [2.24, 2.45) is 11.8 Å². The Morgan fingerprint density at radius 2 is 1.95 bits per heavy atom. The summed E-state index contributed by atoms with van der Waals surface area (Å²) in [5.41, 5.74) is 0.153. The second-order valence-corrected chi connectivity index (χ2v) is 4.86. The van der Waals surface area contributed by atoms with E-state index in [0.717, 1.165) is 13.1 Å². The number of amides is 1. The van der Waals surface area contributed by atoms with Gasteiger partial charge in [0.2, 0.25) is 0 Å². The number of piperidine rings is 1. The molecule has 110 valence electrons. The number of benzene rings is 1. The highest BCUT2D eigenvalue weighted by molar-refractivity contribution is 5.97. The van der Waals surface area contributed by atoms with Crippen molar-refractivity contribution in [3.05, 3.63) is 29.8 Å². The van der Waals surface area contributed by atoms with E-state index < -0.39 is 6.61 Å². The summed E-state index contributed by atoms with van der Waals surface area (Å²) in [7, 11) is 0. The zero-order valence-corrected chi connectivity index (χ0v) is 11.3. The molecule has 3 rings (SSSR count). The lowest BCUT2D eigenvalue weighted by Gasteiger charge is -2.11. The Hall–Kier alpha value is -1.40. The first kappa shape index (κ1) is 15.0. The molecule has 7 heteroatoms. The lowest BCUT2D eigenvalue weighted by Crippen LogP contribution is -2.32. The molecule has 0 spiro atoms. The van der Waals surface area contributed by atoms with Crippen LogP contribution in [0.2, 0.25) is 0 Å². The molecule has 2 unspecified atom stereocenters. The maximum Gasteiger partial charge on any atom is 0.387 e. The van der Waals surface area contributed by atoms with Crippen LogP contribution in [0.15, 0.2) is 24.3 Å². The molecule has 1 amide bonds. The Morgan fingerprint density at radius 1 is 1.30 bits per heavy atom. The molecule has 1 saturated carbocycles. The summed E-state index contributed by atoms with van der Waals surface area (Å²) in [5, 5.41) is 6.11. The maximum absolute atomic E-state index is 12.3. The van der Waals surface area contributed by atoms with Crippen molar-refractivity contribution >= 4 is 18.3 Å². The van der Waals surface area contributed by atoms with Crippen LogP contribution in [0.25, 0.3) is 0 Å². The minimum absolute atomic E-state index is 0. The second kappa shape index (κ2) is 5.93. The molecule has 2 aliphatic rings. The third kappa shape index (κ3) is 2.86. The van der Waals surface area contributed by atoms with Crippen LogP contribution in [0.4, 0.5) is 8.78 Å². The third-order valence-corrected chi connectivity index (χ3v) is 3.74. The number of hydrogen-bond donors (Lipinski definition) is 2. The summed E-state index contributed by atoms with van der Waals surface area (Å²) in [6.45, 7) is -1.12. The minimum Gasteiger partial charge on any atom is -0.434 e. The number of para-hydroxylation sites is 1. The Balaban J connectivity index is 0.00000147. The van der Waals surface area contributed by atoms with E-state index >= 15 is 0 Å². The number of nitrogens with one attached hydrogen (secondary N) is 2. The van der Waals surface area contributed by atoms with Crippen LogP contribution in [-0.4, -0.2) is 31.7 Å². The molecular weight excluding hydrogens is 290 g/mol. The van der Waals surface area contributed by atoms with E-state index in [-0.39, 0.29) is 35.7 Å². The van der Waals surface area contributed by atoms with Gasteiger partial charge in [-0.25, -0.2) is 0 Å². The third-order valence-electron chi connectivity index (χ3n) is 3.74. The zero-order valence-electron chi connectivity index (χ0n) is 10.5. The molecule has 0 bridgehead atoms. The highest BCUT2D eigenvalue weighted by atomic mass is 35.5. The number of carbonyl (C=O) groups is 1. The highest BCUT2D eigenvalue weighted by Crippen LogP contribution is 2.41. The molecule has 0 aromatic heterocycles. The maximum atomic E-state index is 12.3. The molecule has 0 radical (unpaired) electrons. The van der Waals surface area contributed by atoms with Gasteiger partial charge in [0.15, 0.2) is 0 Å². The zero-order chi connectivity index (χ0) is 13.4. The van der Waals surface area contributed by atoms with Gasteiger partial charge in [0.05, 0.1) is 5.56 Å². The Bertz CT molecular complexity index is 491. The van der Waals surface area contributed by atoms with Crippen molar-refractivity contribution < 1.29 is 18.3 Å². The van der Waals surface area contributed by atoms with Crippen molar-refractivity contribution in [1.29, 1.82) is 0 Å². The Labute approximate surface area is 121 Å². The van der Waals surface area contributed by atoms with Crippen LogP contribution < -0.4 is 15.4 Å². The number of hydrogen-bond acceptors (Lipinski definition) is 3. The normalized spacial score (nSPS) is 26.6. The van der Waals surface area contributed by atoms with Gasteiger partial charge in [0, 0.05) is 19.1 Å². The van der Waals surface area contributed by atoms with Crippen LogP contribution in [0.3, 0.4) is 0 Å². The van der Waals surface area contributed by atoms with Gasteiger partial charge in [-0.2, -0.15) is 8.78 Å². The van der Waals surface area contributed by atoms with E-state index in [4.69, 9.17) is 0 Å². The monoisotopic (exact) mass is 304 g/mol. The minimum atomic E-state index is -2.93. The predicted octanol–water partition coefficient (Wildman–Crippen LogP) is 1.66. The molecule has 2 N–H and O–H groups in total. The van der Waals surface area contributed by atoms with E-state index in [1.54, 1.807) is 12.1 Å². The van der Waals surface area contributed by atoms with Crippen molar-refractivity contribution in [3.8, 4) is 5.75 Å². The summed E-state index contributed by atoms with van der Waals surface area (Å²) >= 11 is 0. The van der Waals surface area contributed by atoms with Gasteiger partial charge in [0.25, 0.3) is 5.91 Å². The summed E-state index contributed by atoms with van der Waals surface area (Å²) in [6, 6.07) is 6.21.